The highest BCUT2D eigenvalue weighted by Crippen LogP contribution is 2.42. The van der Waals surface area contributed by atoms with Crippen molar-refractivity contribution in [3.8, 4) is 0 Å². The van der Waals surface area contributed by atoms with Crippen LogP contribution in [0.1, 0.15) is 63.6 Å². The van der Waals surface area contributed by atoms with Gasteiger partial charge >= 0.3 is 0 Å². The number of nitrogens with zero attached hydrogens (tertiary/aromatic N) is 3. The number of likely N-dealkylation sites (tertiary alicyclic amines) is 1. The summed E-state index contributed by atoms with van der Waals surface area (Å²) >= 11 is 6.23. The lowest BCUT2D eigenvalue weighted by molar-refractivity contribution is 0.0610. The van der Waals surface area contributed by atoms with E-state index in [1.54, 1.807) is 12.1 Å². The number of pyridine rings is 1. The highest BCUT2D eigenvalue weighted by molar-refractivity contribution is 6.33. The summed E-state index contributed by atoms with van der Waals surface area (Å²) in [6.07, 6.45) is 8.64. The Hall–Kier alpha value is -3.38. The van der Waals surface area contributed by atoms with Crippen LogP contribution in [0.5, 0.6) is 0 Å². The second-order valence-corrected chi connectivity index (χ2v) is 11.0. The minimum atomic E-state index is -0.182. The van der Waals surface area contributed by atoms with Crippen LogP contribution in [0, 0.1) is 5.41 Å². The van der Waals surface area contributed by atoms with Crippen LogP contribution in [0.2, 0.25) is 5.02 Å². The Kier molecular flexibility index (Phi) is 6.37. The Morgan fingerprint density at radius 1 is 0.973 bits per heavy atom. The number of rotatable bonds is 4. The average molecular weight is 515 g/mol. The molecular weight excluding hydrogens is 484 g/mol. The lowest BCUT2D eigenvalue weighted by Gasteiger charge is -2.39. The van der Waals surface area contributed by atoms with E-state index in [0.29, 0.717) is 16.1 Å². The second kappa shape index (κ2) is 9.82. The SMILES string of the molecule is O=C(NC1CCc2ccc(C(=O)N3CCC4(CC3)CCN(c3ccncc3)C4)cc21)c1ccccc1Cl. The highest BCUT2D eigenvalue weighted by Gasteiger charge is 2.41. The third-order valence-corrected chi connectivity index (χ3v) is 8.80. The molecule has 1 spiro atoms. The number of piperidine rings is 1. The number of hydrogen-bond acceptors (Lipinski definition) is 4. The number of fused-ring (bicyclic) bond motifs is 1. The van der Waals surface area contributed by atoms with Crippen molar-refractivity contribution < 1.29 is 9.59 Å². The van der Waals surface area contributed by atoms with E-state index >= 15 is 0 Å². The van der Waals surface area contributed by atoms with Crippen molar-refractivity contribution in [3.63, 3.8) is 0 Å². The number of benzene rings is 2. The minimum absolute atomic E-state index is 0.0877. The van der Waals surface area contributed by atoms with E-state index in [2.05, 4.69) is 33.4 Å². The van der Waals surface area contributed by atoms with Crippen LogP contribution in [0.25, 0.3) is 0 Å². The molecule has 3 aromatic rings. The molecule has 2 fully saturated rings. The molecule has 3 heterocycles. The predicted octanol–water partition coefficient (Wildman–Crippen LogP) is 5.29. The van der Waals surface area contributed by atoms with E-state index in [0.717, 1.165) is 57.4 Å². The highest BCUT2D eigenvalue weighted by atomic mass is 35.5. The van der Waals surface area contributed by atoms with Gasteiger partial charge in [0.15, 0.2) is 0 Å². The van der Waals surface area contributed by atoms with Gasteiger partial charge in [-0.15, -0.1) is 0 Å². The van der Waals surface area contributed by atoms with Crippen LogP contribution in [0.3, 0.4) is 0 Å². The summed E-state index contributed by atoms with van der Waals surface area (Å²) in [5.41, 5.74) is 4.94. The molecule has 6 rings (SSSR count). The first kappa shape index (κ1) is 24.0. The number of amides is 2. The molecular formula is C30H31ClN4O2. The van der Waals surface area contributed by atoms with Gasteiger partial charge in [-0.3, -0.25) is 14.6 Å². The van der Waals surface area contributed by atoms with Crippen molar-refractivity contribution in [1.82, 2.24) is 15.2 Å². The van der Waals surface area contributed by atoms with Crippen molar-refractivity contribution in [1.29, 1.82) is 0 Å². The Labute approximate surface area is 222 Å². The summed E-state index contributed by atoms with van der Waals surface area (Å²) in [5.74, 6) is -0.0939. The molecule has 1 aliphatic carbocycles. The Morgan fingerprint density at radius 2 is 1.73 bits per heavy atom. The first-order valence-corrected chi connectivity index (χ1v) is 13.5. The number of aromatic nitrogens is 1. The van der Waals surface area contributed by atoms with Crippen molar-refractivity contribution in [2.24, 2.45) is 5.41 Å². The number of aryl methyl sites for hydroxylation is 1. The smallest absolute Gasteiger partial charge is 0.253 e. The fraction of sp³-hybridized carbons (Fsp3) is 0.367. The Balaban J connectivity index is 1.11. The summed E-state index contributed by atoms with van der Waals surface area (Å²) in [6.45, 7) is 3.67. The van der Waals surface area contributed by atoms with E-state index in [1.807, 2.05) is 41.6 Å². The van der Waals surface area contributed by atoms with Crippen molar-refractivity contribution in [3.05, 3.63) is 94.3 Å². The van der Waals surface area contributed by atoms with Crippen LogP contribution in [-0.4, -0.2) is 47.9 Å². The zero-order chi connectivity index (χ0) is 25.4. The van der Waals surface area contributed by atoms with Gasteiger partial charge < -0.3 is 15.1 Å². The molecule has 2 saturated heterocycles. The Bertz CT molecular complexity index is 1320. The van der Waals surface area contributed by atoms with Gasteiger partial charge in [0.1, 0.15) is 0 Å². The molecule has 1 unspecified atom stereocenters. The summed E-state index contributed by atoms with van der Waals surface area (Å²) in [5, 5.41) is 3.57. The summed E-state index contributed by atoms with van der Waals surface area (Å²) in [7, 11) is 0. The molecule has 0 bridgehead atoms. The van der Waals surface area contributed by atoms with E-state index in [-0.39, 0.29) is 23.3 Å². The van der Waals surface area contributed by atoms with E-state index < -0.39 is 0 Å². The maximum absolute atomic E-state index is 13.5. The van der Waals surface area contributed by atoms with Gasteiger partial charge in [-0.1, -0.05) is 29.8 Å². The number of hydrogen-bond donors (Lipinski definition) is 1. The fourth-order valence-corrected chi connectivity index (χ4v) is 6.47. The predicted molar refractivity (Wildman–Crippen MR) is 145 cm³/mol. The summed E-state index contributed by atoms with van der Waals surface area (Å²) < 4.78 is 0. The zero-order valence-corrected chi connectivity index (χ0v) is 21.6. The molecule has 3 aliphatic rings. The third kappa shape index (κ3) is 4.71. The minimum Gasteiger partial charge on any atom is -0.371 e. The van der Waals surface area contributed by atoms with Crippen LogP contribution in [0.15, 0.2) is 67.0 Å². The van der Waals surface area contributed by atoms with E-state index in [4.69, 9.17) is 11.6 Å². The standard InChI is InChI=1S/C30H31ClN4O2/c31-26-4-2-1-3-24(26)28(36)33-27-8-7-21-5-6-22(19-25(21)27)29(37)34-16-11-30(12-17-34)13-18-35(20-30)23-9-14-32-15-10-23/h1-6,9-10,14-15,19,27H,7-8,11-13,16-18,20H2,(H,33,36). The van der Waals surface area contributed by atoms with Crippen LogP contribution < -0.4 is 10.2 Å². The maximum Gasteiger partial charge on any atom is 0.253 e. The van der Waals surface area contributed by atoms with Crippen LogP contribution in [-0.2, 0) is 6.42 Å². The normalized spacial score (nSPS) is 20.2. The first-order chi connectivity index (χ1) is 18.0. The molecule has 2 aromatic carbocycles. The van der Waals surface area contributed by atoms with Crippen molar-refractivity contribution >= 4 is 29.1 Å². The average Bonchev–Trinajstić information content (AvgIpc) is 3.53. The number of anilines is 1. The molecule has 7 heteroatoms. The van der Waals surface area contributed by atoms with Gasteiger partial charge in [0.25, 0.3) is 11.8 Å². The first-order valence-electron chi connectivity index (χ1n) is 13.1. The van der Waals surface area contributed by atoms with E-state index in [1.165, 1.54) is 17.7 Å². The number of halogens is 1. The lowest BCUT2D eigenvalue weighted by atomic mass is 9.77. The van der Waals surface area contributed by atoms with Gasteiger partial charge in [0, 0.05) is 49.8 Å². The van der Waals surface area contributed by atoms with Gasteiger partial charge in [-0.25, -0.2) is 0 Å². The third-order valence-electron chi connectivity index (χ3n) is 8.47. The largest absolute Gasteiger partial charge is 0.371 e. The van der Waals surface area contributed by atoms with Crippen LogP contribution in [0.4, 0.5) is 5.69 Å². The van der Waals surface area contributed by atoms with Crippen LogP contribution >= 0.6 is 11.6 Å². The molecule has 1 N–H and O–H groups in total. The molecule has 0 saturated carbocycles. The van der Waals surface area contributed by atoms with Gasteiger partial charge in [0.2, 0.25) is 0 Å². The van der Waals surface area contributed by atoms with Gasteiger partial charge in [-0.05, 0) is 85.0 Å². The molecule has 2 aliphatic heterocycles. The molecule has 2 amide bonds. The summed E-state index contributed by atoms with van der Waals surface area (Å²) in [4.78, 5) is 34.9. The zero-order valence-electron chi connectivity index (χ0n) is 20.8. The number of carbonyl (C=O) groups excluding carboxylic acids is 2. The number of carbonyl (C=O) groups is 2. The maximum atomic E-state index is 13.5. The number of nitrogens with one attached hydrogen (secondary N) is 1. The molecule has 1 atom stereocenters. The Morgan fingerprint density at radius 3 is 2.51 bits per heavy atom. The molecule has 37 heavy (non-hydrogen) atoms. The van der Waals surface area contributed by atoms with E-state index in [9.17, 15) is 9.59 Å². The van der Waals surface area contributed by atoms with Crippen molar-refractivity contribution in [2.75, 3.05) is 31.1 Å². The lowest BCUT2D eigenvalue weighted by Crippen LogP contribution is -2.44. The fourth-order valence-electron chi connectivity index (χ4n) is 6.25. The molecule has 190 valence electrons. The quantitative estimate of drug-likeness (QED) is 0.514. The van der Waals surface area contributed by atoms with Gasteiger partial charge in [0.05, 0.1) is 16.6 Å². The molecule has 1 aromatic heterocycles. The van der Waals surface area contributed by atoms with Crippen molar-refractivity contribution in [2.45, 2.75) is 38.1 Å². The molecule has 6 nitrogen and oxygen atoms in total. The summed E-state index contributed by atoms with van der Waals surface area (Å²) in [6, 6.07) is 17.1. The topological polar surface area (TPSA) is 65.5 Å². The molecule has 0 radical (unpaired) electrons. The monoisotopic (exact) mass is 514 g/mol. The van der Waals surface area contributed by atoms with Gasteiger partial charge in [-0.2, -0.15) is 0 Å². The second-order valence-electron chi connectivity index (χ2n) is 10.6.